The Morgan fingerprint density at radius 2 is 2.12 bits per heavy atom. The zero-order valence-corrected chi connectivity index (χ0v) is 9.09. The minimum atomic E-state index is -0.348. The molecule has 0 saturated carbocycles. The molecule has 2 rings (SSSR count). The Morgan fingerprint density at radius 3 is 2.94 bits per heavy atom. The summed E-state index contributed by atoms with van der Waals surface area (Å²) in [6, 6.07) is 3.69. The molecule has 1 unspecified atom stereocenters. The number of fused-ring (bicyclic) bond motifs is 1. The molecule has 5 heteroatoms. The minimum Gasteiger partial charge on any atom is -0.391 e. The van der Waals surface area contributed by atoms with Crippen LogP contribution in [0.25, 0.3) is 11.2 Å². The topological polar surface area (TPSA) is 70.9 Å². The van der Waals surface area contributed by atoms with Crippen LogP contribution in [-0.2, 0) is 0 Å². The number of nitrogens with one attached hydrogen (secondary N) is 1. The van der Waals surface area contributed by atoms with Crippen LogP contribution in [0, 0.1) is 0 Å². The second-order valence-electron chi connectivity index (χ2n) is 3.54. The molecule has 0 aliphatic carbocycles. The monoisotopic (exact) mass is 218 g/mol. The van der Waals surface area contributed by atoms with Gasteiger partial charge in [-0.05, 0) is 18.6 Å². The largest absolute Gasteiger partial charge is 0.391 e. The number of aromatic nitrogens is 3. The van der Waals surface area contributed by atoms with E-state index in [-0.39, 0.29) is 6.10 Å². The molecule has 5 nitrogen and oxygen atoms in total. The van der Waals surface area contributed by atoms with E-state index in [9.17, 15) is 5.11 Å². The van der Waals surface area contributed by atoms with E-state index >= 15 is 0 Å². The molecule has 0 fully saturated rings. The number of aliphatic hydroxyl groups is 1. The Morgan fingerprint density at radius 1 is 1.31 bits per heavy atom. The fourth-order valence-corrected chi connectivity index (χ4v) is 1.32. The predicted octanol–water partition coefficient (Wildman–Crippen LogP) is 1.21. The number of anilines is 1. The lowest BCUT2D eigenvalue weighted by atomic mass is 10.3. The van der Waals surface area contributed by atoms with E-state index in [1.165, 1.54) is 0 Å². The van der Waals surface area contributed by atoms with Crippen LogP contribution in [0.4, 0.5) is 5.82 Å². The first-order valence-corrected chi connectivity index (χ1v) is 5.29. The highest BCUT2D eigenvalue weighted by Gasteiger charge is 2.02. The second-order valence-corrected chi connectivity index (χ2v) is 3.54. The van der Waals surface area contributed by atoms with Crippen molar-refractivity contribution in [1.29, 1.82) is 0 Å². The van der Waals surface area contributed by atoms with Gasteiger partial charge in [0, 0.05) is 18.9 Å². The van der Waals surface area contributed by atoms with Gasteiger partial charge in [-0.1, -0.05) is 6.92 Å². The van der Waals surface area contributed by atoms with E-state index in [0.29, 0.717) is 18.0 Å². The summed E-state index contributed by atoms with van der Waals surface area (Å²) in [7, 11) is 0. The third-order valence-corrected chi connectivity index (χ3v) is 2.32. The Bertz CT molecular complexity index is 474. The summed E-state index contributed by atoms with van der Waals surface area (Å²) < 4.78 is 0. The van der Waals surface area contributed by atoms with Crippen LogP contribution in [0.15, 0.2) is 24.5 Å². The highest BCUT2D eigenvalue weighted by Crippen LogP contribution is 2.10. The van der Waals surface area contributed by atoms with Crippen molar-refractivity contribution in [3.8, 4) is 0 Å². The van der Waals surface area contributed by atoms with Crippen LogP contribution in [0.3, 0.4) is 0 Å². The first kappa shape index (κ1) is 10.8. The van der Waals surface area contributed by atoms with E-state index in [1.54, 1.807) is 12.4 Å². The molecule has 0 aliphatic heterocycles. The van der Waals surface area contributed by atoms with Gasteiger partial charge in [-0.3, -0.25) is 4.98 Å². The maximum absolute atomic E-state index is 9.41. The van der Waals surface area contributed by atoms with Crippen LogP contribution in [0.5, 0.6) is 0 Å². The zero-order chi connectivity index (χ0) is 11.4. The van der Waals surface area contributed by atoms with Gasteiger partial charge >= 0.3 is 0 Å². The van der Waals surface area contributed by atoms with Crippen LogP contribution in [-0.4, -0.2) is 32.7 Å². The number of rotatable bonds is 4. The normalized spacial score (nSPS) is 12.6. The van der Waals surface area contributed by atoms with Gasteiger partial charge < -0.3 is 10.4 Å². The van der Waals surface area contributed by atoms with Gasteiger partial charge in [0.05, 0.1) is 6.10 Å². The molecule has 84 valence electrons. The summed E-state index contributed by atoms with van der Waals surface area (Å²) >= 11 is 0. The minimum absolute atomic E-state index is 0.348. The van der Waals surface area contributed by atoms with Crippen LogP contribution >= 0.6 is 0 Å². The Hall–Kier alpha value is -1.75. The van der Waals surface area contributed by atoms with Gasteiger partial charge in [-0.25, -0.2) is 9.97 Å². The van der Waals surface area contributed by atoms with E-state index in [1.807, 2.05) is 19.1 Å². The van der Waals surface area contributed by atoms with Gasteiger partial charge in [0.2, 0.25) is 0 Å². The number of hydrogen-bond acceptors (Lipinski definition) is 5. The predicted molar refractivity (Wildman–Crippen MR) is 62.1 cm³/mol. The van der Waals surface area contributed by atoms with E-state index in [0.717, 1.165) is 11.9 Å². The molecular formula is C11H14N4O. The van der Waals surface area contributed by atoms with Gasteiger partial charge in [-0.2, -0.15) is 0 Å². The summed E-state index contributed by atoms with van der Waals surface area (Å²) in [4.78, 5) is 12.5. The zero-order valence-electron chi connectivity index (χ0n) is 9.09. The number of aliphatic hydroxyl groups excluding tert-OH is 1. The lowest BCUT2D eigenvalue weighted by Gasteiger charge is -2.09. The van der Waals surface area contributed by atoms with E-state index < -0.39 is 0 Å². The molecule has 2 aromatic heterocycles. The molecule has 1 atom stereocenters. The SMILES string of the molecule is CCC(O)CNc1ccc2nccnc2n1. The molecular weight excluding hydrogens is 204 g/mol. The lowest BCUT2D eigenvalue weighted by Crippen LogP contribution is -2.18. The Kier molecular flexibility index (Phi) is 3.26. The van der Waals surface area contributed by atoms with Crippen molar-refractivity contribution >= 4 is 17.0 Å². The summed E-state index contributed by atoms with van der Waals surface area (Å²) in [5.74, 6) is 0.709. The molecule has 0 spiro atoms. The van der Waals surface area contributed by atoms with Crippen molar-refractivity contribution in [1.82, 2.24) is 15.0 Å². The molecule has 16 heavy (non-hydrogen) atoms. The summed E-state index contributed by atoms with van der Waals surface area (Å²) in [5, 5.41) is 12.5. The molecule has 0 radical (unpaired) electrons. The summed E-state index contributed by atoms with van der Waals surface area (Å²) in [5.41, 5.74) is 1.38. The van der Waals surface area contributed by atoms with Gasteiger partial charge in [-0.15, -0.1) is 0 Å². The molecule has 0 bridgehead atoms. The third kappa shape index (κ3) is 2.43. The molecule has 2 heterocycles. The highest BCUT2D eigenvalue weighted by atomic mass is 16.3. The summed E-state index contributed by atoms with van der Waals surface area (Å²) in [6.07, 6.45) is 3.62. The third-order valence-electron chi connectivity index (χ3n) is 2.32. The van der Waals surface area contributed by atoms with Crippen LogP contribution in [0.2, 0.25) is 0 Å². The average Bonchev–Trinajstić information content (AvgIpc) is 2.35. The first-order valence-electron chi connectivity index (χ1n) is 5.29. The van der Waals surface area contributed by atoms with Crippen molar-refractivity contribution in [3.63, 3.8) is 0 Å². The maximum atomic E-state index is 9.41. The van der Waals surface area contributed by atoms with Crippen molar-refractivity contribution in [2.45, 2.75) is 19.4 Å². The quantitative estimate of drug-likeness (QED) is 0.807. The van der Waals surface area contributed by atoms with Crippen molar-refractivity contribution < 1.29 is 5.11 Å². The molecule has 2 aromatic rings. The standard InChI is InChI=1S/C11H14N4O/c1-2-8(16)7-14-10-4-3-9-11(15-10)13-6-5-12-9/h3-6,8,16H,2,7H2,1H3,(H,13,14,15). The number of nitrogens with zero attached hydrogens (tertiary/aromatic N) is 3. The second kappa shape index (κ2) is 4.85. The highest BCUT2D eigenvalue weighted by molar-refractivity contribution is 5.71. The van der Waals surface area contributed by atoms with E-state index in [4.69, 9.17) is 0 Å². The van der Waals surface area contributed by atoms with Crippen LogP contribution in [0.1, 0.15) is 13.3 Å². The molecule has 0 saturated heterocycles. The van der Waals surface area contributed by atoms with Gasteiger partial charge in [0.1, 0.15) is 11.3 Å². The number of pyridine rings is 1. The molecule has 2 N–H and O–H groups in total. The maximum Gasteiger partial charge on any atom is 0.180 e. The Labute approximate surface area is 93.6 Å². The van der Waals surface area contributed by atoms with Gasteiger partial charge in [0.15, 0.2) is 5.65 Å². The molecule has 0 aliphatic rings. The number of hydrogen-bond donors (Lipinski definition) is 2. The average molecular weight is 218 g/mol. The molecule has 0 aromatic carbocycles. The van der Waals surface area contributed by atoms with Crippen LogP contribution < -0.4 is 5.32 Å². The van der Waals surface area contributed by atoms with Crippen molar-refractivity contribution in [3.05, 3.63) is 24.5 Å². The van der Waals surface area contributed by atoms with Crippen molar-refractivity contribution in [2.75, 3.05) is 11.9 Å². The van der Waals surface area contributed by atoms with E-state index in [2.05, 4.69) is 20.3 Å². The first-order chi connectivity index (χ1) is 7.79. The van der Waals surface area contributed by atoms with Gasteiger partial charge in [0.25, 0.3) is 0 Å². The fraction of sp³-hybridized carbons (Fsp3) is 0.364. The summed E-state index contributed by atoms with van der Waals surface area (Å²) in [6.45, 7) is 2.43. The smallest absolute Gasteiger partial charge is 0.180 e. The Balaban J connectivity index is 2.13. The fourth-order valence-electron chi connectivity index (χ4n) is 1.32. The molecule has 0 amide bonds. The lowest BCUT2D eigenvalue weighted by molar-refractivity contribution is 0.183. The van der Waals surface area contributed by atoms with Crippen molar-refractivity contribution in [2.24, 2.45) is 0 Å².